The highest BCUT2D eigenvalue weighted by atomic mass is 16.4. The van der Waals surface area contributed by atoms with Crippen molar-refractivity contribution in [2.24, 2.45) is 0 Å². The highest BCUT2D eigenvalue weighted by molar-refractivity contribution is 5.65. The van der Waals surface area contributed by atoms with Gasteiger partial charge in [-0.1, -0.05) is 0 Å². The van der Waals surface area contributed by atoms with Crippen molar-refractivity contribution in [1.82, 2.24) is 14.9 Å². The Morgan fingerprint density at radius 1 is 1.19 bits per heavy atom. The van der Waals surface area contributed by atoms with Gasteiger partial charge in [0.1, 0.15) is 0 Å². The molecule has 0 aliphatic carbocycles. The molecule has 1 N–H and O–H groups in total. The first kappa shape index (κ1) is 10.7. The van der Waals surface area contributed by atoms with E-state index in [9.17, 15) is 4.79 Å². The van der Waals surface area contributed by atoms with Crippen molar-refractivity contribution in [3.8, 4) is 0 Å². The fourth-order valence-electron chi connectivity index (χ4n) is 1.76. The van der Waals surface area contributed by atoms with Gasteiger partial charge >= 0.3 is 6.09 Å². The largest absolute Gasteiger partial charge is 0.465 e. The third kappa shape index (κ3) is 2.39. The third-order valence-electron chi connectivity index (χ3n) is 2.60. The lowest BCUT2D eigenvalue weighted by Crippen LogP contribution is -2.34. The summed E-state index contributed by atoms with van der Waals surface area (Å²) in [5, 5.41) is 8.90. The Balaban J connectivity index is 2.02. The number of aromatic nitrogens is 2. The minimum atomic E-state index is -0.851. The lowest BCUT2D eigenvalue weighted by molar-refractivity contribution is 0.148. The van der Waals surface area contributed by atoms with Gasteiger partial charge in [-0.05, 0) is 12.5 Å². The Labute approximate surface area is 93.5 Å². The molecule has 6 nitrogen and oxygen atoms in total. The quantitative estimate of drug-likeness (QED) is 0.756. The second-order valence-corrected chi connectivity index (χ2v) is 3.66. The molecule has 0 spiro atoms. The van der Waals surface area contributed by atoms with Gasteiger partial charge in [-0.25, -0.2) is 14.8 Å². The molecule has 0 saturated carbocycles. The second-order valence-electron chi connectivity index (χ2n) is 3.66. The fraction of sp³-hybridized carbons (Fsp3) is 0.500. The first-order chi connectivity index (χ1) is 7.77. The van der Waals surface area contributed by atoms with Gasteiger partial charge in [0.2, 0.25) is 5.95 Å². The Morgan fingerprint density at radius 3 is 2.62 bits per heavy atom. The predicted octanol–water partition coefficient (Wildman–Crippen LogP) is 0.667. The summed E-state index contributed by atoms with van der Waals surface area (Å²) < 4.78 is 0. The van der Waals surface area contributed by atoms with E-state index in [0.717, 1.165) is 13.0 Å². The molecule has 0 atom stereocenters. The number of hydrogen-bond donors (Lipinski definition) is 1. The molecule has 2 rings (SSSR count). The molecule has 0 radical (unpaired) electrons. The van der Waals surface area contributed by atoms with Gasteiger partial charge in [-0.3, -0.25) is 0 Å². The first-order valence-corrected chi connectivity index (χ1v) is 5.27. The maximum atomic E-state index is 10.8. The Kier molecular flexibility index (Phi) is 3.19. The normalized spacial score (nSPS) is 17.0. The zero-order chi connectivity index (χ0) is 11.4. The smallest absolute Gasteiger partial charge is 0.407 e. The molecule has 0 bridgehead atoms. The van der Waals surface area contributed by atoms with Crippen LogP contribution in [0.5, 0.6) is 0 Å². The molecule has 16 heavy (non-hydrogen) atoms. The molecule has 1 amide bonds. The number of amides is 1. The minimum Gasteiger partial charge on any atom is -0.465 e. The zero-order valence-electron chi connectivity index (χ0n) is 8.91. The molecular formula is C10H14N4O2. The van der Waals surface area contributed by atoms with Crippen LogP contribution in [0.2, 0.25) is 0 Å². The topological polar surface area (TPSA) is 69.6 Å². The van der Waals surface area contributed by atoms with E-state index in [0.29, 0.717) is 25.6 Å². The summed E-state index contributed by atoms with van der Waals surface area (Å²) in [5.41, 5.74) is 0. The van der Waals surface area contributed by atoms with Crippen LogP contribution in [0.25, 0.3) is 0 Å². The lowest BCUT2D eigenvalue weighted by Gasteiger charge is -2.20. The van der Waals surface area contributed by atoms with Gasteiger partial charge in [0.05, 0.1) is 0 Å². The lowest BCUT2D eigenvalue weighted by atomic mass is 10.4. The van der Waals surface area contributed by atoms with Crippen molar-refractivity contribution in [3.63, 3.8) is 0 Å². The van der Waals surface area contributed by atoms with E-state index in [1.807, 2.05) is 4.90 Å². The van der Waals surface area contributed by atoms with E-state index in [1.54, 1.807) is 18.5 Å². The van der Waals surface area contributed by atoms with Crippen LogP contribution in [0.4, 0.5) is 10.7 Å². The van der Waals surface area contributed by atoms with E-state index >= 15 is 0 Å². The van der Waals surface area contributed by atoms with Crippen molar-refractivity contribution in [2.75, 3.05) is 31.1 Å². The summed E-state index contributed by atoms with van der Waals surface area (Å²) in [4.78, 5) is 22.6. The zero-order valence-corrected chi connectivity index (χ0v) is 8.91. The number of carbonyl (C=O) groups is 1. The van der Waals surface area contributed by atoms with E-state index in [2.05, 4.69) is 9.97 Å². The highest BCUT2D eigenvalue weighted by Crippen LogP contribution is 2.09. The molecule has 1 aliphatic rings. The highest BCUT2D eigenvalue weighted by Gasteiger charge is 2.19. The Morgan fingerprint density at radius 2 is 1.94 bits per heavy atom. The standard InChI is InChI=1S/C10H14N4O2/c15-10(16)14-6-2-5-13(7-8-14)9-11-3-1-4-12-9/h1,3-4H,2,5-8H2,(H,15,16). The van der Waals surface area contributed by atoms with Crippen LogP contribution in [-0.4, -0.2) is 52.2 Å². The summed E-state index contributed by atoms with van der Waals surface area (Å²) in [5.74, 6) is 0.676. The van der Waals surface area contributed by atoms with Gasteiger partial charge in [0.15, 0.2) is 0 Å². The summed E-state index contributed by atoms with van der Waals surface area (Å²) in [7, 11) is 0. The average molecular weight is 222 g/mol. The van der Waals surface area contributed by atoms with Gasteiger partial charge in [0, 0.05) is 38.6 Å². The Hall–Kier alpha value is -1.85. The van der Waals surface area contributed by atoms with E-state index in [4.69, 9.17) is 5.11 Å². The van der Waals surface area contributed by atoms with E-state index in [-0.39, 0.29) is 0 Å². The number of hydrogen-bond acceptors (Lipinski definition) is 4. The molecule has 2 heterocycles. The number of carboxylic acid groups (broad SMARTS) is 1. The van der Waals surface area contributed by atoms with Gasteiger partial charge in [-0.2, -0.15) is 0 Å². The number of rotatable bonds is 1. The number of nitrogens with zero attached hydrogens (tertiary/aromatic N) is 4. The van der Waals surface area contributed by atoms with Crippen LogP contribution in [0.1, 0.15) is 6.42 Å². The fourth-order valence-corrected chi connectivity index (χ4v) is 1.76. The van der Waals surface area contributed by atoms with Crippen LogP contribution >= 0.6 is 0 Å². The summed E-state index contributed by atoms with van der Waals surface area (Å²) in [6.07, 6.45) is 3.35. The SMILES string of the molecule is O=C(O)N1CCCN(c2ncccn2)CC1. The van der Waals surface area contributed by atoms with Crippen molar-refractivity contribution in [2.45, 2.75) is 6.42 Å². The minimum absolute atomic E-state index is 0.508. The van der Waals surface area contributed by atoms with Gasteiger partial charge in [0.25, 0.3) is 0 Å². The van der Waals surface area contributed by atoms with Crippen LogP contribution in [0.3, 0.4) is 0 Å². The predicted molar refractivity (Wildman–Crippen MR) is 58.5 cm³/mol. The van der Waals surface area contributed by atoms with Crippen LogP contribution in [0.15, 0.2) is 18.5 Å². The molecule has 0 aromatic carbocycles. The van der Waals surface area contributed by atoms with Crippen LogP contribution in [0, 0.1) is 0 Å². The first-order valence-electron chi connectivity index (χ1n) is 5.27. The summed E-state index contributed by atoms with van der Waals surface area (Å²) in [6, 6.07) is 1.77. The Bertz CT molecular complexity index is 357. The molecular weight excluding hydrogens is 208 g/mol. The molecule has 1 aromatic rings. The van der Waals surface area contributed by atoms with Crippen molar-refractivity contribution >= 4 is 12.0 Å². The van der Waals surface area contributed by atoms with E-state index < -0.39 is 6.09 Å². The molecule has 1 aromatic heterocycles. The van der Waals surface area contributed by atoms with Crippen LogP contribution < -0.4 is 4.90 Å². The summed E-state index contributed by atoms with van der Waals surface area (Å²) >= 11 is 0. The molecule has 1 aliphatic heterocycles. The molecule has 6 heteroatoms. The van der Waals surface area contributed by atoms with Crippen molar-refractivity contribution < 1.29 is 9.90 Å². The van der Waals surface area contributed by atoms with Crippen molar-refractivity contribution in [3.05, 3.63) is 18.5 Å². The second kappa shape index (κ2) is 4.78. The molecule has 1 saturated heterocycles. The maximum absolute atomic E-state index is 10.8. The van der Waals surface area contributed by atoms with Crippen LogP contribution in [-0.2, 0) is 0 Å². The van der Waals surface area contributed by atoms with Gasteiger partial charge < -0.3 is 14.9 Å². The number of anilines is 1. The molecule has 1 fully saturated rings. The maximum Gasteiger partial charge on any atom is 0.407 e. The van der Waals surface area contributed by atoms with Crippen molar-refractivity contribution in [1.29, 1.82) is 0 Å². The summed E-state index contributed by atoms with van der Waals surface area (Å²) in [6.45, 7) is 2.54. The molecule has 86 valence electrons. The van der Waals surface area contributed by atoms with Gasteiger partial charge in [-0.15, -0.1) is 0 Å². The van der Waals surface area contributed by atoms with E-state index in [1.165, 1.54) is 4.90 Å². The average Bonchev–Trinajstić information content (AvgIpc) is 2.55. The monoisotopic (exact) mass is 222 g/mol. The third-order valence-corrected chi connectivity index (χ3v) is 2.60. The molecule has 0 unspecified atom stereocenters.